The summed E-state index contributed by atoms with van der Waals surface area (Å²) in [5.41, 5.74) is -1.27. The van der Waals surface area contributed by atoms with E-state index in [2.05, 4.69) is 15.3 Å². The third-order valence-electron chi connectivity index (χ3n) is 6.09. The molecule has 0 spiro atoms. The number of hydrogen-bond acceptors (Lipinski definition) is 4. The highest BCUT2D eigenvalue weighted by atomic mass is 19.4. The summed E-state index contributed by atoms with van der Waals surface area (Å²) in [7, 11) is 1.57. The number of aromatic nitrogens is 2. The molecule has 6 nitrogen and oxygen atoms in total. The SMILES string of the molecule is COc1ccc(C(C)(C)c2nc(C(=O)N[C@@H](c3ccc(C(F)(F)F)cc3)C(C)(C)C)cc(=O)[nH]2)cc1. The summed E-state index contributed by atoms with van der Waals surface area (Å²) in [4.78, 5) is 32.9. The number of carbonyl (C=O) groups is 1. The lowest BCUT2D eigenvalue weighted by Crippen LogP contribution is -2.38. The lowest BCUT2D eigenvalue weighted by molar-refractivity contribution is -0.137. The summed E-state index contributed by atoms with van der Waals surface area (Å²) >= 11 is 0. The highest BCUT2D eigenvalue weighted by Crippen LogP contribution is 2.36. The Bertz CT molecular complexity index is 1270. The molecular weight excluding hydrogens is 471 g/mol. The van der Waals surface area contributed by atoms with Crippen LogP contribution in [0.15, 0.2) is 59.4 Å². The quantitative estimate of drug-likeness (QED) is 0.458. The van der Waals surface area contributed by atoms with Crippen LogP contribution in [-0.2, 0) is 11.6 Å². The zero-order valence-corrected chi connectivity index (χ0v) is 21.1. The van der Waals surface area contributed by atoms with Crippen LogP contribution >= 0.6 is 0 Å². The molecule has 0 fully saturated rings. The molecule has 2 N–H and O–H groups in total. The van der Waals surface area contributed by atoms with E-state index < -0.39 is 40.1 Å². The first-order valence-electron chi connectivity index (χ1n) is 11.4. The second-order valence-corrected chi connectivity index (χ2v) is 10.2. The van der Waals surface area contributed by atoms with Gasteiger partial charge in [0.25, 0.3) is 11.5 Å². The molecule has 0 radical (unpaired) electrons. The van der Waals surface area contributed by atoms with E-state index in [1.165, 1.54) is 12.1 Å². The van der Waals surface area contributed by atoms with Crippen molar-refractivity contribution in [2.45, 2.75) is 52.3 Å². The van der Waals surface area contributed by atoms with Gasteiger partial charge in [0.05, 0.1) is 18.7 Å². The molecule has 36 heavy (non-hydrogen) atoms. The van der Waals surface area contributed by atoms with E-state index in [1.807, 2.05) is 46.8 Å². The van der Waals surface area contributed by atoms with Crippen LogP contribution in [0.1, 0.15) is 73.7 Å². The normalized spacial score (nSPS) is 13.2. The fraction of sp³-hybridized carbons (Fsp3) is 0.370. The number of halogens is 3. The van der Waals surface area contributed by atoms with Crippen LogP contribution in [0.3, 0.4) is 0 Å². The number of H-pyrrole nitrogens is 1. The Morgan fingerprint density at radius 3 is 2.00 bits per heavy atom. The van der Waals surface area contributed by atoms with Gasteiger partial charge in [0, 0.05) is 11.5 Å². The first-order chi connectivity index (χ1) is 16.6. The first-order valence-corrected chi connectivity index (χ1v) is 11.4. The van der Waals surface area contributed by atoms with Gasteiger partial charge in [-0.2, -0.15) is 13.2 Å². The number of benzene rings is 2. The topological polar surface area (TPSA) is 84.1 Å². The van der Waals surface area contributed by atoms with Gasteiger partial charge in [-0.25, -0.2) is 4.98 Å². The third kappa shape index (κ3) is 5.95. The van der Waals surface area contributed by atoms with Crippen LogP contribution in [0.4, 0.5) is 13.2 Å². The molecular formula is C27H30F3N3O3. The fourth-order valence-electron chi connectivity index (χ4n) is 3.88. The average molecular weight is 502 g/mol. The maximum absolute atomic E-state index is 13.2. The van der Waals surface area contributed by atoms with Crippen molar-refractivity contribution in [3.63, 3.8) is 0 Å². The number of methoxy groups -OCH3 is 1. The van der Waals surface area contributed by atoms with E-state index in [-0.39, 0.29) is 5.69 Å². The Balaban J connectivity index is 1.94. The summed E-state index contributed by atoms with van der Waals surface area (Å²) in [6.07, 6.45) is -4.46. The average Bonchev–Trinajstić information content (AvgIpc) is 2.80. The van der Waals surface area contributed by atoms with E-state index in [9.17, 15) is 22.8 Å². The number of nitrogens with zero attached hydrogens (tertiary/aromatic N) is 1. The molecule has 0 unspecified atom stereocenters. The highest BCUT2D eigenvalue weighted by Gasteiger charge is 2.33. The Kier molecular flexibility index (Phi) is 7.34. The summed E-state index contributed by atoms with van der Waals surface area (Å²) in [5, 5.41) is 2.86. The van der Waals surface area contributed by atoms with Crippen LogP contribution in [0.25, 0.3) is 0 Å². The maximum Gasteiger partial charge on any atom is 0.416 e. The minimum Gasteiger partial charge on any atom is -0.497 e. The zero-order chi connectivity index (χ0) is 26.9. The van der Waals surface area contributed by atoms with Crippen molar-refractivity contribution in [3.05, 3.63) is 93.2 Å². The van der Waals surface area contributed by atoms with Crippen molar-refractivity contribution in [2.24, 2.45) is 5.41 Å². The van der Waals surface area contributed by atoms with E-state index >= 15 is 0 Å². The third-order valence-corrected chi connectivity index (χ3v) is 6.09. The number of hydrogen-bond donors (Lipinski definition) is 2. The first kappa shape index (κ1) is 27.0. The number of alkyl halides is 3. The van der Waals surface area contributed by atoms with Gasteiger partial charge < -0.3 is 15.0 Å². The van der Waals surface area contributed by atoms with Crippen molar-refractivity contribution in [2.75, 3.05) is 7.11 Å². The van der Waals surface area contributed by atoms with E-state index in [1.54, 1.807) is 19.2 Å². The molecule has 0 saturated heterocycles. The number of carbonyl (C=O) groups excluding carboxylic acids is 1. The predicted octanol–water partition coefficient (Wildman–Crippen LogP) is 5.64. The molecule has 0 bridgehead atoms. The second kappa shape index (κ2) is 9.79. The molecule has 1 heterocycles. The summed E-state index contributed by atoms with van der Waals surface area (Å²) in [6.45, 7) is 9.32. The lowest BCUT2D eigenvalue weighted by atomic mass is 9.82. The van der Waals surface area contributed by atoms with Crippen molar-refractivity contribution in [1.29, 1.82) is 0 Å². The Morgan fingerprint density at radius 1 is 0.944 bits per heavy atom. The molecule has 0 aliphatic rings. The van der Waals surface area contributed by atoms with Crippen molar-refractivity contribution >= 4 is 5.91 Å². The molecule has 3 aromatic rings. The summed E-state index contributed by atoms with van der Waals surface area (Å²) < 4.78 is 44.2. The molecule has 0 aliphatic carbocycles. The smallest absolute Gasteiger partial charge is 0.416 e. The van der Waals surface area contributed by atoms with Gasteiger partial charge in [-0.05, 0) is 54.7 Å². The Morgan fingerprint density at radius 2 is 1.50 bits per heavy atom. The molecule has 1 aromatic heterocycles. The molecule has 0 aliphatic heterocycles. The van der Waals surface area contributed by atoms with Gasteiger partial charge in [-0.1, -0.05) is 45.0 Å². The van der Waals surface area contributed by atoms with Crippen molar-refractivity contribution in [1.82, 2.24) is 15.3 Å². The molecule has 2 aromatic carbocycles. The van der Waals surface area contributed by atoms with E-state index in [0.29, 0.717) is 17.1 Å². The molecule has 3 rings (SSSR count). The molecule has 0 saturated carbocycles. The van der Waals surface area contributed by atoms with Crippen LogP contribution in [0.5, 0.6) is 5.75 Å². The fourth-order valence-corrected chi connectivity index (χ4v) is 3.88. The second-order valence-electron chi connectivity index (χ2n) is 10.2. The number of ether oxygens (including phenoxy) is 1. The monoisotopic (exact) mass is 501 g/mol. The molecule has 9 heteroatoms. The molecule has 1 atom stereocenters. The van der Waals surface area contributed by atoms with Crippen LogP contribution < -0.4 is 15.6 Å². The van der Waals surface area contributed by atoms with Crippen molar-refractivity contribution < 1.29 is 22.7 Å². The summed E-state index contributed by atoms with van der Waals surface area (Å²) in [5.74, 6) is 0.375. The minimum atomic E-state index is -4.46. The van der Waals surface area contributed by atoms with Crippen LogP contribution in [0, 0.1) is 5.41 Å². The van der Waals surface area contributed by atoms with Crippen LogP contribution in [-0.4, -0.2) is 23.0 Å². The number of nitrogens with one attached hydrogen (secondary N) is 2. The predicted molar refractivity (Wildman–Crippen MR) is 131 cm³/mol. The molecule has 1 amide bonds. The van der Waals surface area contributed by atoms with E-state index in [0.717, 1.165) is 23.8 Å². The Labute approximate surface area is 207 Å². The summed E-state index contributed by atoms with van der Waals surface area (Å²) in [6, 6.07) is 12.4. The maximum atomic E-state index is 13.2. The van der Waals surface area contributed by atoms with Gasteiger partial charge in [-0.15, -0.1) is 0 Å². The number of amides is 1. The van der Waals surface area contributed by atoms with Crippen molar-refractivity contribution in [3.8, 4) is 5.75 Å². The van der Waals surface area contributed by atoms with Gasteiger partial charge in [0.1, 0.15) is 17.3 Å². The largest absolute Gasteiger partial charge is 0.497 e. The zero-order valence-electron chi connectivity index (χ0n) is 21.1. The molecule has 192 valence electrons. The standard InChI is InChI=1S/C27H30F3N3O3/c1-25(2,3)22(16-7-9-18(10-8-16)27(28,29)30)33-23(35)20-15-21(34)32-24(31-20)26(4,5)17-11-13-19(36-6)14-12-17/h7-15,22H,1-6H3,(H,33,35)(H,31,32,34)/t22-/m0/s1. The minimum absolute atomic E-state index is 0.0866. The number of rotatable bonds is 6. The van der Waals surface area contributed by atoms with Crippen LogP contribution in [0.2, 0.25) is 0 Å². The van der Waals surface area contributed by atoms with Gasteiger partial charge in [0.15, 0.2) is 0 Å². The lowest BCUT2D eigenvalue weighted by Gasteiger charge is -2.32. The van der Waals surface area contributed by atoms with E-state index in [4.69, 9.17) is 4.74 Å². The highest BCUT2D eigenvalue weighted by molar-refractivity contribution is 5.92. The number of aromatic amines is 1. The van der Waals surface area contributed by atoms with Gasteiger partial charge >= 0.3 is 6.18 Å². The van der Waals surface area contributed by atoms with Gasteiger partial charge in [0.2, 0.25) is 0 Å². The Hall–Kier alpha value is -3.62. The van der Waals surface area contributed by atoms with Gasteiger partial charge in [-0.3, -0.25) is 9.59 Å².